The molecule has 0 aliphatic rings. The minimum absolute atomic E-state index is 0.0296. The zero-order chi connectivity index (χ0) is 15.2. The minimum atomic E-state index is -0.244. The third-order valence-electron chi connectivity index (χ3n) is 3.35. The Morgan fingerprint density at radius 2 is 1.90 bits per heavy atom. The van der Waals surface area contributed by atoms with Crippen LogP contribution in [0.25, 0.3) is 0 Å². The standard InChI is InChI=1S/C17H20FNOS/c1-12-4-7-14(8-5-12)21-11-16(19-2)15-10-13(18)6-9-17(15)20-3/h4-10,16,19H,11H2,1-3H3. The molecular formula is C17H20FNOS. The summed E-state index contributed by atoms with van der Waals surface area (Å²) in [6.07, 6.45) is 0. The van der Waals surface area contributed by atoms with Gasteiger partial charge in [0.25, 0.3) is 0 Å². The Kier molecular flexibility index (Phi) is 5.65. The van der Waals surface area contributed by atoms with Crippen LogP contribution in [-0.4, -0.2) is 19.9 Å². The first kappa shape index (κ1) is 15.9. The van der Waals surface area contributed by atoms with E-state index in [0.717, 1.165) is 11.3 Å². The second kappa shape index (κ2) is 7.48. The fourth-order valence-corrected chi connectivity index (χ4v) is 3.15. The molecule has 0 bridgehead atoms. The van der Waals surface area contributed by atoms with Crippen molar-refractivity contribution in [2.45, 2.75) is 17.9 Å². The average Bonchev–Trinajstić information content (AvgIpc) is 2.50. The predicted molar refractivity (Wildman–Crippen MR) is 86.7 cm³/mol. The van der Waals surface area contributed by atoms with E-state index in [1.807, 2.05) is 7.05 Å². The van der Waals surface area contributed by atoms with Gasteiger partial charge in [0.2, 0.25) is 0 Å². The maximum absolute atomic E-state index is 13.5. The van der Waals surface area contributed by atoms with Crippen LogP contribution in [0.15, 0.2) is 47.4 Å². The summed E-state index contributed by atoms with van der Waals surface area (Å²) in [5.74, 6) is 1.27. The number of hydrogen-bond acceptors (Lipinski definition) is 3. The minimum Gasteiger partial charge on any atom is -0.496 e. The van der Waals surface area contributed by atoms with Gasteiger partial charge >= 0.3 is 0 Å². The zero-order valence-electron chi connectivity index (χ0n) is 12.5. The van der Waals surface area contributed by atoms with Crippen molar-refractivity contribution in [1.82, 2.24) is 5.32 Å². The van der Waals surface area contributed by atoms with E-state index in [1.165, 1.54) is 22.6 Å². The summed E-state index contributed by atoms with van der Waals surface area (Å²) < 4.78 is 18.8. The Morgan fingerprint density at radius 3 is 2.52 bits per heavy atom. The number of ether oxygens (including phenoxy) is 1. The van der Waals surface area contributed by atoms with Gasteiger partial charge in [0.15, 0.2) is 0 Å². The fourth-order valence-electron chi connectivity index (χ4n) is 2.12. The molecule has 0 spiro atoms. The molecule has 112 valence electrons. The molecule has 0 saturated carbocycles. The molecule has 1 unspecified atom stereocenters. The molecule has 21 heavy (non-hydrogen) atoms. The number of aryl methyl sites for hydroxylation is 1. The number of hydrogen-bond donors (Lipinski definition) is 1. The number of halogens is 1. The van der Waals surface area contributed by atoms with E-state index in [0.29, 0.717) is 5.75 Å². The van der Waals surface area contributed by atoms with E-state index in [9.17, 15) is 4.39 Å². The molecule has 2 rings (SSSR count). The largest absolute Gasteiger partial charge is 0.496 e. The van der Waals surface area contributed by atoms with Crippen molar-refractivity contribution in [2.75, 3.05) is 19.9 Å². The van der Waals surface area contributed by atoms with Gasteiger partial charge in [-0.15, -0.1) is 11.8 Å². The van der Waals surface area contributed by atoms with Crippen LogP contribution in [0.3, 0.4) is 0 Å². The van der Waals surface area contributed by atoms with Crippen molar-refractivity contribution in [2.24, 2.45) is 0 Å². The van der Waals surface area contributed by atoms with Crippen molar-refractivity contribution in [1.29, 1.82) is 0 Å². The van der Waals surface area contributed by atoms with Crippen molar-refractivity contribution in [3.63, 3.8) is 0 Å². The molecule has 1 N–H and O–H groups in total. The van der Waals surface area contributed by atoms with Gasteiger partial charge < -0.3 is 10.1 Å². The molecule has 0 fully saturated rings. The summed E-state index contributed by atoms with van der Waals surface area (Å²) in [7, 11) is 3.49. The second-order valence-electron chi connectivity index (χ2n) is 4.85. The van der Waals surface area contributed by atoms with Crippen LogP contribution < -0.4 is 10.1 Å². The van der Waals surface area contributed by atoms with E-state index in [2.05, 4.69) is 36.5 Å². The quantitative estimate of drug-likeness (QED) is 0.808. The molecule has 4 heteroatoms. The first-order valence-electron chi connectivity index (χ1n) is 6.84. The smallest absolute Gasteiger partial charge is 0.123 e. The molecule has 0 aliphatic heterocycles. The predicted octanol–water partition coefficient (Wildman–Crippen LogP) is 4.20. The Balaban J connectivity index is 2.12. The van der Waals surface area contributed by atoms with Crippen molar-refractivity contribution in [3.05, 3.63) is 59.4 Å². The van der Waals surface area contributed by atoms with E-state index < -0.39 is 0 Å². The zero-order valence-corrected chi connectivity index (χ0v) is 13.3. The normalized spacial score (nSPS) is 12.2. The molecule has 1 atom stereocenters. The van der Waals surface area contributed by atoms with Gasteiger partial charge in [-0.25, -0.2) is 4.39 Å². The van der Waals surface area contributed by atoms with Crippen LogP contribution in [0.4, 0.5) is 4.39 Å². The molecular weight excluding hydrogens is 285 g/mol. The number of nitrogens with one attached hydrogen (secondary N) is 1. The fraction of sp³-hybridized carbons (Fsp3) is 0.294. The van der Waals surface area contributed by atoms with Gasteiger partial charge in [-0.3, -0.25) is 0 Å². The molecule has 0 aromatic heterocycles. The van der Waals surface area contributed by atoms with Crippen molar-refractivity contribution < 1.29 is 9.13 Å². The summed E-state index contributed by atoms with van der Waals surface area (Å²) >= 11 is 1.74. The third kappa shape index (κ3) is 4.22. The lowest BCUT2D eigenvalue weighted by atomic mass is 10.1. The highest BCUT2D eigenvalue weighted by atomic mass is 32.2. The molecule has 2 aromatic carbocycles. The molecule has 2 aromatic rings. The maximum Gasteiger partial charge on any atom is 0.123 e. The average molecular weight is 305 g/mol. The van der Waals surface area contributed by atoms with Crippen LogP contribution in [0.2, 0.25) is 0 Å². The van der Waals surface area contributed by atoms with Crippen LogP contribution in [0.1, 0.15) is 17.2 Å². The second-order valence-corrected chi connectivity index (χ2v) is 5.95. The van der Waals surface area contributed by atoms with Crippen molar-refractivity contribution >= 4 is 11.8 Å². The number of benzene rings is 2. The van der Waals surface area contributed by atoms with Gasteiger partial charge in [0.1, 0.15) is 11.6 Å². The molecule has 2 nitrogen and oxygen atoms in total. The van der Waals surface area contributed by atoms with Gasteiger partial charge in [-0.1, -0.05) is 17.7 Å². The van der Waals surface area contributed by atoms with Gasteiger partial charge in [0.05, 0.1) is 7.11 Å². The Hall–Kier alpha value is -1.52. The van der Waals surface area contributed by atoms with Crippen LogP contribution >= 0.6 is 11.8 Å². The van der Waals surface area contributed by atoms with Crippen molar-refractivity contribution in [3.8, 4) is 5.75 Å². The van der Waals surface area contributed by atoms with E-state index >= 15 is 0 Å². The Bertz CT molecular complexity index is 586. The summed E-state index contributed by atoms with van der Waals surface area (Å²) in [5.41, 5.74) is 2.09. The first-order valence-corrected chi connectivity index (χ1v) is 7.82. The summed E-state index contributed by atoms with van der Waals surface area (Å²) in [5, 5.41) is 3.23. The Labute approximate surface area is 129 Å². The first-order chi connectivity index (χ1) is 10.1. The SMILES string of the molecule is CNC(CSc1ccc(C)cc1)c1cc(F)ccc1OC. The highest BCUT2D eigenvalue weighted by Crippen LogP contribution is 2.30. The summed E-state index contributed by atoms with van der Waals surface area (Å²) in [4.78, 5) is 1.20. The van der Waals surface area contributed by atoms with E-state index in [4.69, 9.17) is 4.74 Å². The molecule has 0 amide bonds. The summed E-state index contributed by atoms with van der Waals surface area (Å²) in [6, 6.07) is 13.1. The van der Waals surface area contributed by atoms with Gasteiger partial charge in [-0.2, -0.15) is 0 Å². The van der Waals surface area contributed by atoms with Crippen LogP contribution in [0, 0.1) is 12.7 Å². The lowest BCUT2D eigenvalue weighted by molar-refractivity contribution is 0.402. The molecule has 0 radical (unpaired) electrons. The van der Waals surface area contributed by atoms with Crippen LogP contribution in [0.5, 0.6) is 5.75 Å². The van der Waals surface area contributed by atoms with E-state index in [1.54, 1.807) is 24.9 Å². The molecule has 0 aliphatic carbocycles. The maximum atomic E-state index is 13.5. The monoisotopic (exact) mass is 305 g/mol. The molecule has 0 saturated heterocycles. The van der Waals surface area contributed by atoms with Crippen LogP contribution in [-0.2, 0) is 0 Å². The van der Waals surface area contributed by atoms with Gasteiger partial charge in [-0.05, 0) is 44.3 Å². The topological polar surface area (TPSA) is 21.3 Å². The number of methoxy groups -OCH3 is 1. The summed E-state index contributed by atoms with van der Waals surface area (Å²) in [6.45, 7) is 2.07. The molecule has 0 heterocycles. The third-order valence-corrected chi connectivity index (χ3v) is 4.46. The number of rotatable bonds is 6. The van der Waals surface area contributed by atoms with Gasteiger partial charge in [0, 0.05) is 22.3 Å². The lowest BCUT2D eigenvalue weighted by Gasteiger charge is -2.19. The lowest BCUT2D eigenvalue weighted by Crippen LogP contribution is -2.19. The highest BCUT2D eigenvalue weighted by Gasteiger charge is 2.15. The highest BCUT2D eigenvalue weighted by molar-refractivity contribution is 7.99. The number of thioether (sulfide) groups is 1. The van der Waals surface area contributed by atoms with E-state index in [-0.39, 0.29) is 11.9 Å². The Morgan fingerprint density at radius 1 is 1.19 bits per heavy atom.